The summed E-state index contributed by atoms with van der Waals surface area (Å²) in [5.41, 5.74) is 2.13. The van der Waals surface area contributed by atoms with E-state index in [-0.39, 0.29) is 0 Å². The summed E-state index contributed by atoms with van der Waals surface area (Å²) in [6.45, 7) is 2.04. The normalized spacial score (nSPS) is 12.8. The van der Waals surface area contributed by atoms with Gasteiger partial charge in [0.2, 0.25) is 0 Å². The van der Waals surface area contributed by atoms with Gasteiger partial charge in [-0.2, -0.15) is 0 Å². The van der Waals surface area contributed by atoms with Gasteiger partial charge in [-0.1, -0.05) is 42.5 Å². The van der Waals surface area contributed by atoms with Gasteiger partial charge in [0.25, 0.3) is 0 Å². The molecule has 0 fully saturated rings. The zero-order valence-electron chi connectivity index (χ0n) is 10.4. The number of fused-ring (bicyclic) bond motifs is 1. The molecular formula is C16H13BrOS. The quantitative estimate of drug-likeness (QED) is 0.695. The lowest BCUT2D eigenvalue weighted by molar-refractivity contribution is 0.225. The molecule has 1 aromatic heterocycles. The van der Waals surface area contributed by atoms with Gasteiger partial charge in [-0.3, -0.25) is 0 Å². The van der Waals surface area contributed by atoms with Crippen LogP contribution in [0.15, 0.2) is 52.3 Å². The fourth-order valence-electron chi connectivity index (χ4n) is 2.26. The molecule has 0 aliphatic heterocycles. The van der Waals surface area contributed by atoms with E-state index in [9.17, 15) is 5.11 Å². The maximum Gasteiger partial charge on any atom is 0.114 e. The highest BCUT2D eigenvalue weighted by Gasteiger charge is 2.16. The molecule has 1 heterocycles. The number of rotatable bonds is 2. The molecule has 0 amide bonds. The van der Waals surface area contributed by atoms with Crippen molar-refractivity contribution in [1.29, 1.82) is 0 Å². The molecule has 0 aliphatic carbocycles. The van der Waals surface area contributed by atoms with Crippen LogP contribution in [0.25, 0.3) is 10.8 Å². The van der Waals surface area contributed by atoms with Crippen molar-refractivity contribution in [2.75, 3.05) is 0 Å². The smallest absolute Gasteiger partial charge is 0.114 e. The molecule has 2 aromatic carbocycles. The van der Waals surface area contributed by atoms with Crippen LogP contribution in [0.2, 0.25) is 0 Å². The van der Waals surface area contributed by atoms with Crippen LogP contribution in [0.3, 0.4) is 0 Å². The lowest BCUT2D eigenvalue weighted by atomic mass is 9.99. The van der Waals surface area contributed by atoms with Gasteiger partial charge < -0.3 is 5.11 Å². The SMILES string of the molecule is Cc1cc(C(O)c2cccc3ccccc23)sc1Br. The summed E-state index contributed by atoms with van der Waals surface area (Å²) in [5.74, 6) is 0. The Balaban J connectivity index is 2.13. The third kappa shape index (κ3) is 2.34. The van der Waals surface area contributed by atoms with Crippen LogP contribution < -0.4 is 0 Å². The van der Waals surface area contributed by atoms with Gasteiger partial charge in [0, 0.05) is 4.88 Å². The standard InChI is InChI=1S/C16H13BrOS/c1-10-9-14(19-16(10)17)15(18)13-8-4-6-11-5-2-3-7-12(11)13/h2-9,15,18H,1H3. The van der Waals surface area contributed by atoms with E-state index in [1.54, 1.807) is 11.3 Å². The number of aliphatic hydroxyl groups is 1. The summed E-state index contributed by atoms with van der Waals surface area (Å²) in [6.07, 6.45) is -0.568. The second-order valence-corrected chi connectivity index (χ2v) is 6.98. The van der Waals surface area contributed by atoms with Crippen molar-refractivity contribution in [3.05, 3.63) is 68.3 Å². The van der Waals surface area contributed by atoms with E-state index in [2.05, 4.69) is 34.1 Å². The Morgan fingerprint density at radius 2 is 1.84 bits per heavy atom. The average molecular weight is 333 g/mol. The Morgan fingerprint density at radius 1 is 1.11 bits per heavy atom. The molecule has 96 valence electrons. The minimum absolute atomic E-state index is 0.568. The van der Waals surface area contributed by atoms with Crippen molar-refractivity contribution in [3.8, 4) is 0 Å². The van der Waals surface area contributed by atoms with Crippen molar-refractivity contribution >= 4 is 38.0 Å². The van der Waals surface area contributed by atoms with Crippen LogP contribution >= 0.6 is 27.3 Å². The lowest BCUT2D eigenvalue weighted by Crippen LogP contribution is -1.97. The van der Waals surface area contributed by atoms with Crippen LogP contribution in [-0.2, 0) is 0 Å². The molecule has 3 aromatic rings. The summed E-state index contributed by atoms with van der Waals surface area (Å²) in [7, 11) is 0. The number of aryl methyl sites for hydroxylation is 1. The molecule has 1 nitrogen and oxygen atoms in total. The Morgan fingerprint density at radius 3 is 2.58 bits per heavy atom. The molecule has 1 atom stereocenters. The number of aliphatic hydroxyl groups excluding tert-OH is 1. The Bertz CT molecular complexity index is 708. The molecule has 0 saturated carbocycles. The predicted molar refractivity (Wildman–Crippen MR) is 84.8 cm³/mol. The zero-order chi connectivity index (χ0) is 13.4. The average Bonchev–Trinajstić information content (AvgIpc) is 2.77. The van der Waals surface area contributed by atoms with Crippen LogP contribution in [0, 0.1) is 6.92 Å². The molecule has 1 N–H and O–H groups in total. The predicted octanol–water partition coefficient (Wildman–Crippen LogP) is 5.05. The van der Waals surface area contributed by atoms with Gasteiger partial charge in [0.1, 0.15) is 6.10 Å². The van der Waals surface area contributed by atoms with Crippen molar-refractivity contribution in [2.24, 2.45) is 0 Å². The van der Waals surface area contributed by atoms with Crippen molar-refractivity contribution < 1.29 is 5.11 Å². The Hall–Kier alpha value is -1.16. The minimum atomic E-state index is -0.568. The van der Waals surface area contributed by atoms with E-state index in [1.807, 2.05) is 37.3 Å². The summed E-state index contributed by atoms with van der Waals surface area (Å²) in [5, 5.41) is 12.9. The maximum absolute atomic E-state index is 10.6. The van der Waals surface area contributed by atoms with Gasteiger partial charge in [0.15, 0.2) is 0 Å². The Kier molecular flexibility index (Phi) is 3.44. The molecule has 0 aliphatic rings. The van der Waals surface area contributed by atoms with Gasteiger partial charge in [-0.25, -0.2) is 0 Å². The molecule has 3 heteroatoms. The summed E-state index contributed by atoms with van der Waals surface area (Å²) >= 11 is 5.11. The van der Waals surface area contributed by atoms with E-state index in [0.717, 1.165) is 25.0 Å². The first-order valence-corrected chi connectivity index (χ1v) is 7.69. The van der Waals surface area contributed by atoms with E-state index >= 15 is 0 Å². The molecule has 3 rings (SSSR count). The molecule has 0 radical (unpaired) electrons. The third-order valence-electron chi connectivity index (χ3n) is 3.26. The molecule has 0 bridgehead atoms. The second kappa shape index (κ2) is 5.08. The van der Waals surface area contributed by atoms with Gasteiger partial charge in [0.05, 0.1) is 3.79 Å². The highest BCUT2D eigenvalue weighted by molar-refractivity contribution is 9.11. The van der Waals surface area contributed by atoms with Crippen LogP contribution in [0.1, 0.15) is 22.1 Å². The number of thiophene rings is 1. The number of benzene rings is 2. The van der Waals surface area contributed by atoms with E-state index in [1.165, 1.54) is 5.56 Å². The van der Waals surface area contributed by atoms with E-state index in [0.29, 0.717) is 0 Å². The van der Waals surface area contributed by atoms with Gasteiger partial charge >= 0.3 is 0 Å². The fourth-order valence-corrected chi connectivity index (χ4v) is 3.84. The van der Waals surface area contributed by atoms with E-state index < -0.39 is 6.10 Å². The Labute approximate surface area is 124 Å². The lowest BCUT2D eigenvalue weighted by Gasteiger charge is -2.12. The molecular weight excluding hydrogens is 320 g/mol. The highest BCUT2D eigenvalue weighted by Crippen LogP contribution is 2.36. The molecule has 0 saturated heterocycles. The third-order valence-corrected chi connectivity index (χ3v) is 5.45. The van der Waals surface area contributed by atoms with E-state index in [4.69, 9.17) is 0 Å². The first kappa shape index (κ1) is 12.9. The maximum atomic E-state index is 10.6. The van der Waals surface area contributed by atoms with Crippen molar-refractivity contribution in [1.82, 2.24) is 0 Å². The first-order valence-electron chi connectivity index (χ1n) is 6.08. The van der Waals surface area contributed by atoms with Crippen LogP contribution in [-0.4, -0.2) is 5.11 Å². The van der Waals surface area contributed by atoms with Gasteiger partial charge in [-0.15, -0.1) is 11.3 Å². The summed E-state index contributed by atoms with van der Waals surface area (Å²) in [4.78, 5) is 0.973. The largest absolute Gasteiger partial charge is 0.383 e. The highest BCUT2D eigenvalue weighted by atomic mass is 79.9. The summed E-state index contributed by atoms with van der Waals surface area (Å²) < 4.78 is 1.08. The monoisotopic (exact) mass is 332 g/mol. The first-order chi connectivity index (χ1) is 9.16. The zero-order valence-corrected chi connectivity index (χ0v) is 12.8. The fraction of sp³-hybridized carbons (Fsp3) is 0.125. The number of hydrogen-bond donors (Lipinski definition) is 1. The molecule has 19 heavy (non-hydrogen) atoms. The summed E-state index contributed by atoms with van der Waals surface area (Å²) in [6, 6.07) is 16.3. The number of hydrogen-bond acceptors (Lipinski definition) is 2. The number of halogens is 1. The minimum Gasteiger partial charge on any atom is -0.383 e. The van der Waals surface area contributed by atoms with Crippen molar-refractivity contribution in [3.63, 3.8) is 0 Å². The molecule has 1 unspecified atom stereocenters. The topological polar surface area (TPSA) is 20.2 Å². The van der Waals surface area contributed by atoms with Gasteiger partial charge in [-0.05, 0) is 50.8 Å². The van der Waals surface area contributed by atoms with Crippen LogP contribution in [0.4, 0.5) is 0 Å². The second-order valence-electron chi connectivity index (χ2n) is 4.58. The molecule has 0 spiro atoms. The van der Waals surface area contributed by atoms with Crippen LogP contribution in [0.5, 0.6) is 0 Å². The van der Waals surface area contributed by atoms with Crippen molar-refractivity contribution in [2.45, 2.75) is 13.0 Å².